The van der Waals surface area contributed by atoms with Gasteiger partial charge in [0.05, 0.1) is 10.6 Å². The van der Waals surface area contributed by atoms with E-state index in [4.69, 9.17) is 5.84 Å². The Morgan fingerprint density at radius 3 is 2.56 bits per heavy atom. The Labute approximate surface area is 103 Å². The number of nitrogens with two attached hydrogens (primary N) is 1. The molecule has 0 spiro atoms. The quantitative estimate of drug-likeness (QED) is 0.402. The second-order valence-corrected chi connectivity index (χ2v) is 5.66. The van der Waals surface area contributed by atoms with Crippen molar-refractivity contribution in [1.29, 1.82) is 0 Å². The number of hydrogen-bond acceptors (Lipinski definition) is 6. The molecule has 1 saturated carbocycles. The summed E-state index contributed by atoms with van der Waals surface area (Å²) in [6.07, 6.45) is 1.52. The summed E-state index contributed by atoms with van der Waals surface area (Å²) in [6.45, 7) is 0. The van der Waals surface area contributed by atoms with E-state index in [0.29, 0.717) is 0 Å². The molecule has 0 aromatic heterocycles. The van der Waals surface area contributed by atoms with Crippen LogP contribution in [0.1, 0.15) is 12.8 Å². The van der Waals surface area contributed by atoms with E-state index in [9.17, 15) is 18.5 Å². The number of nitro benzene ring substituents is 1. The number of anilines is 1. The van der Waals surface area contributed by atoms with Crippen LogP contribution in [0.25, 0.3) is 0 Å². The van der Waals surface area contributed by atoms with Crippen molar-refractivity contribution in [3.05, 3.63) is 28.3 Å². The van der Waals surface area contributed by atoms with Crippen LogP contribution >= 0.6 is 0 Å². The first-order chi connectivity index (χ1) is 8.44. The van der Waals surface area contributed by atoms with Gasteiger partial charge in [0.15, 0.2) is 4.90 Å². The number of benzene rings is 1. The van der Waals surface area contributed by atoms with Gasteiger partial charge in [0.2, 0.25) is 10.0 Å². The highest BCUT2D eigenvalue weighted by atomic mass is 32.2. The van der Waals surface area contributed by atoms with E-state index in [0.717, 1.165) is 25.0 Å². The average molecular weight is 272 g/mol. The van der Waals surface area contributed by atoms with Crippen molar-refractivity contribution < 1.29 is 13.3 Å². The number of nitrogen functional groups attached to an aromatic ring is 1. The van der Waals surface area contributed by atoms with Crippen molar-refractivity contribution >= 4 is 21.4 Å². The molecule has 0 radical (unpaired) electrons. The van der Waals surface area contributed by atoms with Crippen LogP contribution in [0, 0.1) is 10.1 Å². The largest absolute Gasteiger partial charge is 0.324 e. The topological polar surface area (TPSA) is 127 Å². The van der Waals surface area contributed by atoms with Crippen LogP contribution in [-0.4, -0.2) is 19.4 Å². The highest BCUT2D eigenvalue weighted by Crippen LogP contribution is 2.29. The lowest BCUT2D eigenvalue weighted by molar-refractivity contribution is -0.387. The van der Waals surface area contributed by atoms with Crippen LogP contribution in [0.5, 0.6) is 0 Å². The molecule has 0 aliphatic heterocycles. The highest BCUT2D eigenvalue weighted by molar-refractivity contribution is 7.89. The monoisotopic (exact) mass is 272 g/mol. The Morgan fingerprint density at radius 2 is 2.06 bits per heavy atom. The summed E-state index contributed by atoms with van der Waals surface area (Å²) < 4.78 is 26.3. The minimum absolute atomic E-state index is 0.109. The van der Waals surface area contributed by atoms with Crippen molar-refractivity contribution in [2.24, 2.45) is 5.84 Å². The summed E-state index contributed by atoms with van der Waals surface area (Å²) in [4.78, 5) is 9.79. The van der Waals surface area contributed by atoms with Crippen LogP contribution in [-0.2, 0) is 10.0 Å². The van der Waals surface area contributed by atoms with E-state index in [-0.39, 0.29) is 16.6 Å². The van der Waals surface area contributed by atoms with Crippen molar-refractivity contribution in [2.75, 3.05) is 5.43 Å². The van der Waals surface area contributed by atoms with Gasteiger partial charge in [0.25, 0.3) is 5.69 Å². The fraction of sp³-hybridized carbons (Fsp3) is 0.333. The van der Waals surface area contributed by atoms with E-state index >= 15 is 0 Å². The molecule has 2 rings (SSSR count). The first-order valence-corrected chi connectivity index (χ1v) is 6.70. The zero-order chi connectivity index (χ0) is 13.3. The lowest BCUT2D eigenvalue weighted by atomic mass is 10.3. The lowest BCUT2D eigenvalue weighted by Gasteiger charge is -2.07. The number of rotatable bonds is 5. The minimum Gasteiger partial charge on any atom is -0.324 e. The third kappa shape index (κ3) is 2.58. The molecule has 18 heavy (non-hydrogen) atoms. The normalized spacial score (nSPS) is 15.4. The molecule has 0 unspecified atom stereocenters. The Morgan fingerprint density at radius 1 is 1.39 bits per heavy atom. The van der Waals surface area contributed by atoms with Gasteiger partial charge in [0, 0.05) is 12.1 Å². The molecule has 0 atom stereocenters. The summed E-state index contributed by atoms with van der Waals surface area (Å²) in [5.74, 6) is 5.13. The van der Waals surface area contributed by atoms with Gasteiger partial charge in [-0.3, -0.25) is 16.0 Å². The molecule has 1 aromatic rings. The van der Waals surface area contributed by atoms with E-state index < -0.39 is 20.6 Å². The Bertz CT molecular complexity index is 582. The summed E-state index contributed by atoms with van der Waals surface area (Å²) in [5, 5.41) is 10.9. The lowest BCUT2D eigenvalue weighted by Crippen LogP contribution is -2.26. The molecule has 4 N–H and O–H groups in total. The second-order valence-electron chi connectivity index (χ2n) is 3.98. The van der Waals surface area contributed by atoms with Gasteiger partial charge in [-0.2, -0.15) is 0 Å². The van der Waals surface area contributed by atoms with Crippen LogP contribution < -0.4 is 16.0 Å². The van der Waals surface area contributed by atoms with Gasteiger partial charge in [-0.25, -0.2) is 13.1 Å². The predicted molar refractivity (Wildman–Crippen MR) is 64.2 cm³/mol. The number of hydrogen-bond donors (Lipinski definition) is 3. The van der Waals surface area contributed by atoms with E-state index in [2.05, 4.69) is 10.1 Å². The highest BCUT2D eigenvalue weighted by Gasteiger charge is 2.32. The second kappa shape index (κ2) is 4.52. The summed E-state index contributed by atoms with van der Waals surface area (Å²) in [6, 6.07) is 3.51. The minimum atomic E-state index is -3.86. The smallest absolute Gasteiger partial charge is 0.291 e. The molecule has 1 aromatic carbocycles. The van der Waals surface area contributed by atoms with Crippen LogP contribution in [0.3, 0.4) is 0 Å². The molecular weight excluding hydrogens is 260 g/mol. The average Bonchev–Trinajstić information content (AvgIpc) is 3.11. The number of nitrogens with one attached hydrogen (secondary N) is 2. The van der Waals surface area contributed by atoms with Crippen LogP contribution in [0.2, 0.25) is 0 Å². The van der Waals surface area contributed by atoms with Crippen molar-refractivity contribution in [2.45, 2.75) is 23.8 Å². The maximum absolute atomic E-state index is 11.9. The number of sulfonamides is 1. The molecule has 0 heterocycles. The molecule has 1 fully saturated rings. The Kier molecular flexibility index (Phi) is 3.20. The molecule has 1 aliphatic rings. The summed E-state index contributed by atoms with van der Waals surface area (Å²) in [7, 11) is -3.86. The maximum Gasteiger partial charge on any atom is 0.291 e. The van der Waals surface area contributed by atoms with Gasteiger partial charge < -0.3 is 5.43 Å². The molecule has 0 bridgehead atoms. The fourth-order valence-electron chi connectivity index (χ4n) is 1.46. The van der Waals surface area contributed by atoms with Crippen molar-refractivity contribution in [3.8, 4) is 0 Å². The molecule has 9 heteroatoms. The van der Waals surface area contributed by atoms with Gasteiger partial charge in [-0.1, -0.05) is 0 Å². The van der Waals surface area contributed by atoms with Gasteiger partial charge in [-0.15, -0.1) is 0 Å². The van der Waals surface area contributed by atoms with Crippen molar-refractivity contribution in [1.82, 2.24) is 4.72 Å². The summed E-state index contributed by atoms with van der Waals surface area (Å²) in [5.41, 5.74) is 2.00. The van der Waals surface area contributed by atoms with Crippen LogP contribution in [0.15, 0.2) is 23.1 Å². The number of nitro groups is 1. The SMILES string of the molecule is NNc1ccc(S(=O)(=O)NC2CC2)c([N+](=O)[O-])c1. The fourth-order valence-corrected chi connectivity index (χ4v) is 2.92. The van der Waals surface area contributed by atoms with E-state index in [1.807, 2.05) is 0 Å². The van der Waals surface area contributed by atoms with Gasteiger partial charge in [-0.05, 0) is 25.0 Å². The third-order valence-corrected chi connectivity index (χ3v) is 4.08. The summed E-state index contributed by atoms with van der Waals surface area (Å²) >= 11 is 0. The van der Waals surface area contributed by atoms with E-state index in [1.165, 1.54) is 6.07 Å². The Balaban J connectivity index is 2.45. The first kappa shape index (κ1) is 12.7. The number of hydrazine groups is 1. The molecule has 1 aliphatic carbocycles. The third-order valence-electron chi connectivity index (χ3n) is 2.51. The maximum atomic E-state index is 11.9. The van der Waals surface area contributed by atoms with Crippen LogP contribution in [0.4, 0.5) is 11.4 Å². The Hall–Kier alpha value is -1.71. The zero-order valence-electron chi connectivity index (χ0n) is 9.29. The van der Waals surface area contributed by atoms with Crippen molar-refractivity contribution in [3.63, 3.8) is 0 Å². The molecule has 0 saturated heterocycles. The molecule has 8 nitrogen and oxygen atoms in total. The number of nitrogens with zero attached hydrogens (tertiary/aromatic N) is 1. The standard InChI is InChI=1S/C9H12N4O4S/c10-11-7-3-4-9(8(5-7)13(14)15)18(16,17)12-6-1-2-6/h3-6,11-12H,1-2,10H2. The predicted octanol–water partition coefficient (Wildman–Crippen LogP) is 0.321. The van der Waals surface area contributed by atoms with Gasteiger partial charge >= 0.3 is 0 Å². The first-order valence-electron chi connectivity index (χ1n) is 5.21. The van der Waals surface area contributed by atoms with E-state index in [1.54, 1.807) is 0 Å². The zero-order valence-corrected chi connectivity index (χ0v) is 10.1. The van der Waals surface area contributed by atoms with Gasteiger partial charge in [0.1, 0.15) is 0 Å². The molecular formula is C9H12N4O4S. The molecule has 98 valence electrons. The molecule has 0 amide bonds.